The second-order valence-electron chi connectivity index (χ2n) is 6.27. The van der Waals surface area contributed by atoms with Crippen molar-refractivity contribution in [3.63, 3.8) is 0 Å². The molecule has 0 aliphatic rings. The number of carbonyl (C=O) groups is 3. The largest absolute Gasteiger partial charge is 0.364 e. The lowest BCUT2D eigenvalue weighted by Crippen LogP contribution is -2.37. The molecular formula is C20H19FN6O3. The van der Waals surface area contributed by atoms with Crippen molar-refractivity contribution in [3.05, 3.63) is 83.5 Å². The van der Waals surface area contributed by atoms with Gasteiger partial charge < -0.3 is 26.3 Å². The van der Waals surface area contributed by atoms with Crippen LogP contribution in [-0.4, -0.2) is 39.2 Å². The van der Waals surface area contributed by atoms with Crippen LogP contribution in [0.5, 0.6) is 0 Å². The Morgan fingerprint density at radius 2 is 2.03 bits per heavy atom. The van der Waals surface area contributed by atoms with Gasteiger partial charge in [-0.2, -0.15) is 0 Å². The fourth-order valence-corrected chi connectivity index (χ4v) is 2.69. The van der Waals surface area contributed by atoms with Crippen LogP contribution in [0.15, 0.2) is 55.0 Å². The molecule has 3 aromatic rings. The number of primary amides is 1. The molecule has 0 bridgehead atoms. The Labute approximate surface area is 170 Å². The van der Waals surface area contributed by atoms with Crippen molar-refractivity contribution in [2.45, 2.75) is 6.04 Å². The molecule has 0 fully saturated rings. The molecule has 10 heteroatoms. The number of nitrogens with two attached hydrogens (primary N) is 1. The third-order valence-corrected chi connectivity index (χ3v) is 4.19. The number of amides is 3. The van der Waals surface area contributed by atoms with Crippen LogP contribution in [0.2, 0.25) is 0 Å². The van der Waals surface area contributed by atoms with E-state index in [-0.39, 0.29) is 23.4 Å². The smallest absolute Gasteiger partial charge is 0.265 e. The van der Waals surface area contributed by atoms with Crippen molar-refractivity contribution in [1.82, 2.24) is 25.6 Å². The highest BCUT2D eigenvalue weighted by atomic mass is 19.1. The number of hydrogen-bond acceptors (Lipinski definition) is 4. The zero-order valence-corrected chi connectivity index (χ0v) is 15.7. The molecule has 1 unspecified atom stereocenters. The number of nitrogens with zero attached hydrogens (tertiary/aromatic N) is 1. The predicted octanol–water partition coefficient (Wildman–Crippen LogP) is 1.28. The van der Waals surface area contributed by atoms with Gasteiger partial charge in [0.15, 0.2) is 0 Å². The van der Waals surface area contributed by atoms with Crippen molar-refractivity contribution in [1.29, 1.82) is 0 Å². The predicted molar refractivity (Wildman–Crippen MR) is 107 cm³/mol. The molecule has 0 aliphatic heterocycles. The summed E-state index contributed by atoms with van der Waals surface area (Å²) >= 11 is 0. The van der Waals surface area contributed by atoms with Crippen LogP contribution in [0.25, 0.3) is 6.08 Å². The van der Waals surface area contributed by atoms with Gasteiger partial charge in [-0.05, 0) is 18.2 Å². The normalized spacial score (nSPS) is 11.9. The maximum atomic E-state index is 14.3. The maximum absolute atomic E-state index is 14.3. The second-order valence-corrected chi connectivity index (χ2v) is 6.27. The van der Waals surface area contributed by atoms with Crippen LogP contribution in [0, 0.1) is 5.82 Å². The number of rotatable bonds is 8. The number of imidazole rings is 1. The van der Waals surface area contributed by atoms with E-state index in [0.717, 1.165) is 0 Å². The second kappa shape index (κ2) is 9.32. The molecule has 2 aromatic heterocycles. The Bertz CT molecular complexity index is 1070. The SMILES string of the molecule is NC(=O)c1cc(C(=O)NC(CNC(=O)/C=C/c2ncc[nH]2)c2ccccc2F)c[nH]1. The molecule has 0 spiro atoms. The summed E-state index contributed by atoms with van der Waals surface area (Å²) in [4.78, 5) is 45.2. The molecular weight excluding hydrogens is 391 g/mol. The number of halogens is 1. The summed E-state index contributed by atoms with van der Waals surface area (Å²) in [7, 11) is 0. The van der Waals surface area contributed by atoms with Crippen molar-refractivity contribution >= 4 is 23.8 Å². The molecule has 1 aromatic carbocycles. The summed E-state index contributed by atoms with van der Waals surface area (Å²) in [6, 6.07) is 6.35. The topological polar surface area (TPSA) is 146 Å². The lowest BCUT2D eigenvalue weighted by Gasteiger charge is -2.20. The number of H-pyrrole nitrogens is 2. The highest BCUT2D eigenvalue weighted by molar-refractivity contribution is 5.98. The van der Waals surface area contributed by atoms with E-state index in [1.807, 2.05) is 0 Å². The van der Waals surface area contributed by atoms with Crippen molar-refractivity contribution < 1.29 is 18.8 Å². The van der Waals surface area contributed by atoms with Gasteiger partial charge in [0.25, 0.3) is 11.8 Å². The van der Waals surface area contributed by atoms with Crippen LogP contribution in [-0.2, 0) is 4.79 Å². The van der Waals surface area contributed by atoms with Crippen LogP contribution < -0.4 is 16.4 Å². The van der Waals surface area contributed by atoms with E-state index in [9.17, 15) is 18.8 Å². The fourth-order valence-electron chi connectivity index (χ4n) is 2.69. The van der Waals surface area contributed by atoms with Gasteiger partial charge in [0, 0.05) is 36.8 Å². The highest BCUT2D eigenvalue weighted by Crippen LogP contribution is 2.17. The molecule has 0 aliphatic carbocycles. The molecule has 2 heterocycles. The molecule has 6 N–H and O–H groups in total. The zero-order valence-electron chi connectivity index (χ0n) is 15.7. The van der Waals surface area contributed by atoms with Crippen LogP contribution in [0.1, 0.15) is 38.3 Å². The van der Waals surface area contributed by atoms with Gasteiger partial charge in [-0.25, -0.2) is 9.37 Å². The first-order valence-electron chi connectivity index (χ1n) is 8.93. The zero-order chi connectivity index (χ0) is 21.5. The lowest BCUT2D eigenvalue weighted by molar-refractivity contribution is -0.116. The molecule has 3 amide bonds. The third kappa shape index (κ3) is 5.19. The first-order chi connectivity index (χ1) is 14.4. The first kappa shape index (κ1) is 20.5. The number of aromatic amines is 2. The summed E-state index contributed by atoms with van der Waals surface area (Å²) in [5.74, 6) is -1.75. The standard InChI is InChI=1S/C20H19FN6O3/c21-14-4-2-1-3-13(14)16(11-26-18(28)6-5-17-23-7-8-24-17)27-20(30)12-9-15(19(22)29)25-10-12/h1-10,16,25H,11H2,(H2,22,29)(H,23,24)(H,26,28)(H,27,30)/b6-5+. The number of nitrogens with one attached hydrogen (secondary N) is 4. The number of aromatic nitrogens is 3. The summed E-state index contributed by atoms with van der Waals surface area (Å²) in [6.07, 6.45) is 7.23. The van der Waals surface area contributed by atoms with E-state index in [2.05, 4.69) is 25.6 Å². The van der Waals surface area contributed by atoms with Crippen molar-refractivity contribution in [3.8, 4) is 0 Å². The highest BCUT2D eigenvalue weighted by Gasteiger charge is 2.20. The van der Waals surface area contributed by atoms with E-state index in [1.54, 1.807) is 18.5 Å². The summed E-state index contributed by atoms with van der Waals surface area (Å²) in [5, 5.41) is 5.28. The molecule has 0 radical (unpaired) electrons. The van der Waals surface area contributed by atoms with Gasteiger partial charge in [0.2, 0.25) is 5.91 Å². The van der Waals surface area contributed by atoms with Gasteiger partial charge >= 0.3 is 0 Å². The van der Waals surface area contributed by atoms with Gasteiger partial charge in [0.05, 0.1) is 11.6 Å². The van der Waals surface area contributed by atoms with E-state index in [4.69, 9.17) is 5.73 Å². The van der Waals surface area contributed by atoms with Gasteiger partial charge in [0.1, 0.15) is 17.3 Å². The molecule has 9 nitrogen and oxygen atoms in total. The minimum atomic E-state index is -0.855. The Morgan fingerprint density at radius 3 is 2.70 bits per heavy atom. The average molecular weight is 410 g/mol. The van der Waals surface area contributed by atoms with E-state index in [1.165, 1.54) is 42.6 Å². The fraction of sp³-hybridized carbons (Fsp3) is 0.100. The number of benzene rings is 1. The molecule has 0 saturated carbocycles. The Morgan fingerprint density at radius 1 is 1.23 bits per heavy atom. The van der Waals surface area contributed by atoms with Crippen LogP contribution in [0.4, 0.5) is 4.39 Å². The summed E-state index contributed by atoms with van der Waals surface area (Å²) in [5.41, 5.74) is 5.59. The van der Waals surface area contributed by atoms with Gasteiger partial charge in [-0.3, -0.25) is 14.4 Å². The van der Waals surface area contributed by atoms with E-state index in [0.29, 0.717) is 5.82 Å². The van der Waals surface area contributed by atoms with Gasteiger partial charge in [-0.1, -0.05) is 18.2 Å². The Balaban J connectivity index is 1.72. The molecule has 30 heavy (non-hydrogen) atoms. The van der Waals surface area contributed by atoms with E-state index >= 15 is 0 Å². The monoisotopic (exact) mass is 410 g/mol. The quantitative estimate of drug-likeness (QED) is 0.356. The van der Waals surface area contributed by atoms with Crippen molar-refractivity contribution in [2.24, 2.45) is 5.73 Å². The molecule has 1 atom stereocenters. The van der Waals surface area contributed by atoms with Crippen LogP contribution in [0.3, 0.4) is 0 Å². The number of carbonyl (C=O) groups excluding carboxylic acids is 3. The molecule has 154 valence electrons. The Hall–Kier alpha value is -4.21. The van der Waals surface area contributed by atoms with Crippen molar-refractivity contribution in [2.75, 3.05) is 6.54 Å². The summed E-state index contributed by atoms with van der Waals surface area (Å²) < 4.78 is 14.3. The average Bonchev–Trinajstić information content (AvgIpc) is 3.42. The Kier molecular flexibility index (Phi) is 6.38. The van der Waals surface area contributed by atoms with Crippen LogP contribution >= 0.6 is 0 Å². The number of hydrogen-bond donors (Lipinski definition) is 5. The summed E-state index contributed by atoms with van der Waals surface area (Å²) in [6.45, 7) is -0.0684. The molecule has 0 saturated heterocycles. The molecule has 3 rings (SSSR count). The maximum Gasteiger partial charge on any atom is 0.265 e. The first-order valence-corrected chi connectivity index (χ1v) is 8.93. The third-order valence-electron chi connectivity index (χ3n) is 4.19. The minimum absolute atomic E-state index is 0.0684. The lowest BCUT2D eigenvalue weighted by atomic mass is 10.1. The van der Waals surface area contributed by atoms with Gasteiger partial charge in [-0.15, -0.1) is 0 Å². The van der Waals surface area contributed by atoms with E-state index < -0.39 is 29.6 Å². The minimum Gasteiger partial charge on any atom is -0.364 e.